The van der Waals surface area contributed by atoms with Gasteiger partial charge in [0.15, 0.2) is 0 Å². The van der Waals surface area contributed by atoms with Crippen LogP contribution in [-0.2, 0) is 4.74 Å². The van der Waals surface area contributed by atoms with E-state index in [9.17, 15) is 13.6 Å². The number of hydrogen-bond donors (Lipinski definition) is 0. The first-order valence-electron chi connectivity index (χ1n) is 11.4. The maximum absolute atomic E-state index is 14.1. The molecule has 8 heteroatoms. The highest BCUT2D eigenvalue weighted by Crippen LogP contribution is 2.39. The summed E-state index contributed by atoms with van der Waals surface area (Å²) in [6.07, 6.45) is -1.24. The molecule has 0 bridgehead atoms. The molecule has 0 N–H and O–H groups in total. The zero-order valence-electron chi connectivity index (χ0n) is 20.1. The Morgan fingerprint density at radius 2 is 1.36 bits per heavy atom. The van der Waals surface area contributed by atoms with Crippen molar-refractivity contribution in [2.24, 2.45) is 0 Å². The largest absolute Gasteiger partial charge is 0.442 e. The predicted molar refractivity (Wildman–Crippen MR) is 139 cm³/mol. The molecule has 1 aliphatic rings. The first-order valence-corrected chi connectivity index (χ1v) is 12.2. The van der Waals surface area contributed by atoms with E-state index in [4.69, 9.17) is 27.9 Å². The molecule has 1 unspecified atom stereocenters. The fourth-order valence-corrected chi connectivity index (χ4v) is 4.70. The predicted octanol–water partition coefficient (Wildman–Crippen LogP) is 7.22. The van der Waals surface area contributed by atoms with Gasteiger partial charge in [-0.15, -0.1) is 0 Å². The van der Waals surface area contributed by atoms with E-state index in [0.717, 1.165) is 22.8 Å². The van der Waals surface area contributed by atoms with Crippen molar-refractivity contribution in [3.05, 3.63) is 111 Å². The third-order valence-electron chi connectivity index (χ3n) is 6.13. The third-order valence-corrected chi connectivity index (χ3v) is 6.63. The van der Waals surface area contributed by atoms with E-state index < -0.39 is 23.8 Å². The van der Waals surface area contributed by atoms with E-state index in [1.807, 2.05) is 48.5 Å². The Bertz CT molecular complexity index is 1200. The molecule has 1 heterocycles. The highest BCUT2D eigenvalue weighted by molar-refractivity contribution is 6.30. The Kier molecular flexibility index (Phi) is 7.98. The number of carbonyl (C=O) groups is 1. The average molecular weight is 531 g/mol. The van der Waals surface area contributed by atoms with Gasteiger partial charge in [-0.3, -0.25) is 4.90 Å². The van der Waals surface area contributed by atoms with Gasteiger partial charge in [0.2, 0.25) is 0 Å². The normalized spacial score (nSPS) is 14.4. The number of hydrogen-bond acceptors (Lipinski definition) is 3. The van der Waals surface area contributed by atoms with Crippen LogP contribution in [0.4, 0.5) is 13.6 Å². The number of carbonyl (C=O) groups excluding carboxylic acids is 1. The number of likely N-dealkylation sites (tertiary alicyclic amines) is 1. The number of rotatable bonds is 6. The quantitative estimate of drug-likeness (QED) is 0.337. The molecule has 1 saturated heterocycles. The minimum atomic E-state index is -0.706. The van der Waals surface area contributed by atoms with Gasteiger partial charge in [0.1, 0.15) is 17.7 Å². The van der Waals surface area contributed by atoms with Crippen LogP contribution in [0, 0.1) is 11.6 Å². The molecule has 0 radical (unpaired) electrons. The summed E-state index contributed by atoms with van der Waals surface area (Å²) in [7, 11) is 3.16. The van der Waals surface area contributed by atoms with Crippen LogP contribution < -0.4 is 0 Å². The molecule has 1 amide bonds. The van der Waals surface area contributed by atoms with Gasteiger partial charge in [-0.25, -0.2) is 13.6 Å². The Hall–Kier alpha value is -2.93. The van der Waals surface area contributed by atoms with E-state index >= 15 is 0 Å². The van der Waals surface area contributed by atoms with Crippen LogP contribution in [0.1, 0.15) is 29.7 Å². The highest BCUT2D eigenvalue weighted by atomic mass is 35.5. The van der Waals surface area contributed by atoms with Crippen molar-refractivity contribution in [2.45, 2.75) is 19.1 Å². The number of ether oxygens (including phenoxy) is 1. The Balaban J connectivity index is 1.71. The molecule has 3 aromatic carbocycles. The second-order valence-corrected chi connectivity index (χ2v) is 9.88. The monoisotopic (exact) mass is 530 g/mol. The van der Waals surface area contributed by atoms with Gasteiger partial charge in [0.25, 0.3) is 0 Å². The van der Waals surface area contributed by atoms with E-state index in [0.29, 0.717) is 34.3 Å². The lowest BCUT2D eigenvalue weighted by Gasteiger charge is -2.43. The minimum absolute atomic E-state index is 0.0894. The Morgan fingerprint density at radius 3 is 1.81 bits per heavy atom. The summed E-state index contributed by atoms with van der Waals surface area (Å²) in [5.74, 6) is -1.38. The summed E-state index contributed by atoms with van der Waals surface area (Å²) in [6, 6.07) is 18.6. The lowest BCUT2D eigenvalue weighted by atomic mass is 9.87. The van der Waals surface area contributed by atoms with Crippen molar-refractivity contribution < 1.29 is 18.3 Å². The van der Waals surface area contributed by atoms with E-state index in [-0.39, 0.29) is 6.04 Å². The molecular formula is C28H26Cl2F2N2O2. The molecule has 4 nitrogen and oxygen atoms in total. The topological polar surface area (TPSA) is 32.8 Å². The lowest BCUT2D eigenvalue weighted by Crippen LogP contribution is -2.44. The number of nitrogens with zero attached hydrogens (tertiary/aromatic N) is 2. The summed E-state index contributed by atoms with van der Waals surface area (Å²) >= 11 is 12.2. The van der Waals surface area contributed by atoms with Crippen LogP contribution in [0.25, 0.3) is 5.57 Å². The lowest BCUT2D eigenvalue weighted by molar-refractivity contribution is 0.102. The molecule has 0 saturated carbocycles. The summed E-state index contributed by atoms with van der Waals surface area (Å²) in [4.78, 5) is 15.8. The molecule has 1 fully saturated rings. The van der Waals surface area contributed by atoms with Crippen molar-refractivity contribution in [3.63, 3.8) is 0 Å². The van der Waals surface area contributed by atoms with Crippen LogP contribution in [0.2, 0.25) is 10.0 Å². The van der Waals surface area contributed by atoms with Gasteiger partial charge >= 0.3 is 6.09 Å². The fourth-order valence-electron chi connectivity index (χ4n) is 4.45. The molecule has 4 rings (SSSR count). The fraction of sp³-hybridized carbons (Fsp3) is 0.250. The number of halogens is 4. The maximum atomic E-state index is 14.1. The SMILES string of the molecule is CC(OC(=O)N(C)C)C(=C1CN(C(c2ccc(Cl)cc2)c2ccc(Cl)cc2)C1)c1cc(F)cc(F)c1. The number of amides is 1. The van der Waals surface area contributed by atoms with Crippen molar-refractivity contribution in [1.29, 1.82) is 0 Å². The van der Waals surface area contributed by atoms with Gasteiger partial charge in [-0.1, -0.05) is 47.5 Å². The van der Waals surface area contributed by atoms with Crippen LogP contribution in [0.15, 0.2) is 72.3 Å². The molecule has 1 atom stereocenters. The molecule has 3 aromatic rings. The summed E-state index contributed by atoms with van der Waals surface area (Å²) in [6.45, 7) is 2.76. The highest BCUT2D eigenvalue weighted by Gasteiger charge is 2.34. The smallest absolute Gasteiger partial charge is 0.409 e. The molecule has 0 aliphatic carbocycles. The molecule has 0 spiro atoms. The Labute approximate surface area is 219 Å². The molecule has 36 heavy (non-hydrogen) atoms. The standard InChI is InChI=1S/C28H26Cl2F2N2O2/c1-17(36-28(35)33(2)3)26(20-12-24(31)14-25(32)13-20)21-15-34(16-21)27(18-4-8-22(29)9-5-18)19-6-10-23(30)11-7-19/h4-14,17,27H,15-16H2,1-3H3. The second kappa shape index (κ2) is 11.0. The van der Waals surface area contributed by atoms with Gasteiger partial charge in [0, 0.05) is 48.9 Å². The molecule has 0 aromatic heterocycles. The van der Waals surface area contributed by atoms with Gasteiger partial charge in [-0.05, 0) is 65.6 Å². The van der Waals surface area contributed by atoms with Crippen molar-refractivity contribution in [1.82, 2.24) is 9.80 Å². The third kappa shape index (κ3) is 5.89. The Morgan fingerprint density at radius 1 is 0.889 bits per heavy atom. The van der Waals surface area contributed by atoms with Gasteiger partial charge < -0.3 is 9.64 Å². The zero-order valence-corrected chi connectivity index (χ0v) is 21.7. The van der Waals surface area contributed by atoms with Gasteiger partial charge in [-0.2, -0.15) is 0 Å². The molecule has 1 aliphatic heterocycles. The van der Waals surface area contributed by atoms with Crippen LogP contribution in [0.3, 0.4) is 0 Å². The maximum Gasteiger partial charge on any atom is 0.409 e. The number of benzene rings is 3. The van der Waals surface area contributed by atoms with Crippen LogP contribution in [0.5, 0.6) is 0 Å². The van der Waals surface area contributed by atoms with E-state index in [2.05, 4.69) is 4.90 Å². The first-order chi connectivity index (χ1) is 17.1. The van der Waals surface area contributed by atoms with Crippen molar-refractivity contribution in [3.8, 4) is 0 Å². The minimum Gasteiger partial charge on any atom is -0.442 e. The molecule has 188 valence electrons. The van der Waals surface area contributed by atoms with Crippen molar-refractivity contribution >= 4 is 34.9 Å². The van der Waals surface area contributed by atoms with Crippen LogP contribution >= 0.6 is 23.2 Å². The first kappa shape index (κ1) is 26.1. The van der Waals surface area contributed by atoms with E-state index in [1.54, 1.807) is 21.0 Å². The second-order valence-electron chi connectivity index (χ2n) is 9.01. The van der Waals surface area contributed by atoms with Gasteiger partial charge in [0.05, 0.1) is 6.04 Å². The van der Waals surface area contributed by atoms with Crippen LogP contribution in [-0.4, -0.2) is 49.2 Å². The average Bonchev–Trinajstić information content (AvgIpc) is 2.78. The summed E-state index contributed by atoms with van der Waals surface area (Å²) in [5, 5.41) is 1.29. The van der Waals surface area contributed by atoms with Crippen molar-refractivity contribution in [2.75, 3.05) is 27.2 Å². The summed E-state index contributed by atoms with van der Waals surface area (Å²) < 4.78 is 33.9. The summed E-state index contributed by atoms with van der Waals surface area (Å²) in [5.41, 5.74) is 3.99. The van der Waals surface area contributed by atoms with E-state index in [1.165, 1.54) is 17.0 Å². The zero-order chi connectivity index (χ0) is 26.0. The molecular weight excluding hydrogens is 505 g/mol.